The smallest absolute Gasteiger partial charge is 0.274 e. The number of carbonyl (C=O) groups excluding carboxylic acids is 2. The standard InChI is InChI=1S/C24H25N3O6S3/c1-16-14-35-24(21(16)23(29)27-25-13-17-6-8-20(33-2)9-7-17)26-22(28)19-5-3-4-18(12-19)15-34-10-11-36(30,31)32/h3-9,12-14H,10-11,15H2,1-2H3,(H,26,28)(H,27,29)(H,30,31,32). The van der Waals surface area contributed by atoms with Crippen LogP contribution in [0.2, 0.25) is 0 Å². The van der Waals surface area contributed by atoms with Gasteiger partial charge in [-0.15, -0.1) is 11.3 Å². The number of thioether (sulfide) groups is 1. The van der Waals surface area contributed by atoms with Crippen molar-refractivity contribution in [3.05, 3.63) is 81.7 Å². The molecule has 0 bridgehead atoms. The lowest BCUT2D eigenvalue weighted by atomic mass is 10.1. The van der Waals surface area contributed by atoms with E-state index in [0.717, 1.165) is 11.1 Å². The van der Waals surface area contributed by atoms with Crippen LogP contribution in [0, 0.1) is 6.92 Å². The summed E-state index contributed by atoms with van der Waals surface area (Å²) in [4.78, 5) is 25.6. The lowest BCUT2D eigenvalue weighted by Gasteiger charge is -2.08. The van der Waals surface area contributed by atoms with E-state index in [1.807, 2.05) is 6.07 Å². The van der Waals surface area contributed by atoms with E-state index in [-0.39, 0.29) is 17.4 Å². The number of thiophene rings is 1. The predicted molar refractivity (Wildman–Crippen MR) is 144 cm³/mol. The van der Waals surface area contributed by atoms with Crippen LogP contribution in [0.15, 0.2) is 59.0 Å². The molecule has 190 valence electrons. The maximum Gasteiger partial charge on any atom is 0.274 e. The van der Waals surface area contributed by atoms with Gasteiger partial charge in [-0.25, -0.2) is 5.43 Å². The number of hydrogen-bond donors (Lipinski definition) is 3. The van der Waals surface area contributed by atoms with Gasteiger partial charge in [0.25, 0.3) is 21.9 Å². The summed E-state index contributed by atoms with van der Waals surface area (Å²) in [5.74, 6) is 0.282. The van der Waals surface area contributed by atoms with Crippen molar-refractivity contribution in [2.45, 2.75) is 12.7 Å². The Hall–Kier alpha value is -3.19. The molecule has 0 spiro atoms. The molecule has 0 saturated heterocycles. The summed E-state index contributed by atoms with van der Waals surface area (Å²) in [6.45, 7) is 1.78. The summed E-state index contributed by atoms with van der Waals surface area (Å²) in [5.41, 5.74) is 5.54. The quantitative estimate of drug-likeness (QED) is 0.142. The molecule has 0 aliphatic rings. The second-order valence-corrected chi connectivity index (χ2v) is 11.1. The van der Waals surface area contributed by atoms with Crippen LogP contribution in [0.3, 0.4) is 0 Å². The highest BCUT2D eigenvalue weighted by atomic mass is 32.2. The molecular formula is C24H25N3O6S3. The van der Waals surface area contributed by atoms with Gasteiger partial charge >= 0.3 is 0 Å². The zero-order valence-electron chi connectivity index (χ0n) is 19.6. The maximum atomic E-state index is 12.9. The predicted octanol–water partition coefficient (Wildman–Crippen LogP) is 4.20. The summed E-state index contributed by atoms with van der Waals surface area (Å²) in [7, 11) is -2.42. The van der Waals surface area contributed by atoms with Gasteiger partial charge in [-0.3, -0.25) is 14.1 Å². The minimum absolute atomic E-state index is 0.239. The third-order valence-corrected chi connectivity index (χ3v) is 7.89. The maximum absolute atomic E-state index is 12.9. The normalized spacial score (nSPS) is 11.4. The van der Waals surface area contributed by atoms with Gasteiger partial charge in [0.05, 0.1) is 24.6 Å². The van der Waals surface area contributed by atoms with Gasteiger partial charge in [-0.05, 0) is 65.4 Å². The number of carbonyl (C=O) groups is 2. The number of nitrogens with zero attached hydrogens (tertiary/aromatic N) is 1. The van der Waals surface area contributed by atoms with Crippen molar-refractivity contribution >= 4 is 56.2 Å². The first-order valence-electron chi connectivity index (χ1n) is 10.6. The van der Waals surface area contributed by atoms with Gasteiger partial charge in [-0.1, -0.05) is 12.1 Å². The molecule has 0 atom stereocenters. The Morgan fingerprint density at radius 1 is 1.17 bits per heavy atom. The highest BCUT2D eigenvalue weighted by Crippen LogP contribution is 2.28. The Bertz CT molecular complexity index is 1350. The molecule has 3 N–H and O–H groups in total. The highest BCUT2D eigenvalue weighted by Gasteiger charge is 2.19. The number of benzene rings is 2. The summed E-state index contributed by atoms with van der Waals surface area (Å²) in [6, 6.07) is 14.1. The van der Waals surface area contributed by atoms with Gasteiger partial charge in [-0.2, -0.15) is 25.3 Å². The zero-order chi connectivity index (χ0) is 26.1. The zero-order valence-corrected chi connectivity index (χ0v) is 22.0. The first-order valence-corrected chi connectivity index (χ1v) is 14.3. The number of anilines is 1. The van der Waals surface area contributed by atoms with Crippen LogP contribution in [0.4, 0.5) is 5.00 Å². The van der Waals surface area contributed by atoms with Crippen LogP contribution in [0.5, 0.6) is 5.75 Å². The monoisotopic (exact) mass is 547 g/mol. The minimum Gasteiger partial charge on any atom is -0.497 e. The average Bonchev–Trinajstić information content (AvgIpc) is 3.21. The Morgan fingerprint density at radius 2 is 1.92 bits per heavy atom. The molecule has 0 unspecified atom stereocenters. The van der Waals surface area contributed by atoms with Crippen LogP contribution in [-0.4, -0.2) is 49.6 Å². The third kappa shape index (κ3) is 8.19. The van der Waals surface area contributed by atoms with Crippen LogP contribution in [0.25, 0.3) is 0 Å². The first kappa shape index (κ1) is 27.4. The van der Waals surface area contributed by atoms with Gasteiger partial charge in [0.1, 0.15) is 10.8 Å². The van der Waals surface area contributed by atoms with Gasteiger partial charge in [0.2, 0.25) is 0 Å². The lowest BCUT2D eigenvalue weighted by Crippen LogP contribution is -2.21. The SMILES string of the molecule is COc1ccc(C=NNC(=O)c2c(C)csc2NC(=O)c2cccc(CSCCS(=O)(=O)O)c2)cc1. The van der Waals surface area contributed by atoms with E-state index in [9.17, 15) is 18.0 Å². The van der Waals surface area contributed by atoms with E-state index in [0.29, 0.717) is 33.2 Å². The fraction of sp³-hybridized carbons (Fsp3) is 0.208. The summed E-state index contributed by atoms with van der Waals surface area (Å²) < 4.78 is 35.6. The van der Waals surface area contributed by atoms with E-state index in [1.165, 1.54) is 29.3 Å². The number of hydrogen-bond acceptors (Lipinski definition) is 8. The Kier molecular flexibility index (Phi) is 9.65. The van der Waals surface area contributed by atoms with Crippen molar-refractivity contribution < 1.29 is 27.3 Å². The molecule has 9 nitrogen and oxygen atoms in total. The second-order valence-electron chi connectivity index (χ2n) is 7.59. The first-order chi connectivity index (χ1) is 17.2. The van der Waals surface area contributed by atoms with E-state index in [1.54, 1.807) is 61.9 Å². The molecule has 0 aliphatic heterocycles. The van der Waals surface area contributed by atoms with Crippen molar-refractivity contribution in [3.8, 4) is 5.75 Å². The van der Waals surface area contributed by atoms with E-state index in [2.05, 4.69) is 15.8 Å². The number of aryl methyl sites for hydroxylation is 1. The lowest BCUT2D eigenvalue weighted by molar-refractivity contribution is 0.0956. The third-order valence-electron chi connectivity index (χ3n) is 4.87. The van der Waals surface area contributed by atoms with Crippen molar-refractivity contribution in [1.29, 1.82) is 0 Å². The number of methoxy groups -OCH3 is 1. The molecule has 2 aromatic carbocycles. The molecule has 0 radical (unpaired) electrons. The fourth-order valence-corrected chi connectivity index (χ4v) is 5.87. The molecule has 0 saturated carbocycles. The minimum atomic E-state index is -4.00. The average molecular weight is 548 g/mol. The number of ether oxygens (including phenoxy) is 1. The second kappa shape index (κ2) is 12.7. The van der Waals surface area contributed by atoms with Crippen LogP contribution < -0.4 is 15.5 Å². The molecule has 1 aromatic heterocycles. The van der Waals surface area contributed by atoms with Crippen LogP contribution in [0.1, 0.15) is 37.4 Å². The molecule has 36 heavy (non-hydrogen) atoms. The summed E-state index contributed by atoms with van der Waals surface area (Å²) in [6.07, 6.45) is 1.51. The van der Waals surface area contributed by atoms with Crippen molar-refractivity contribution in [3.63, 3.8) is 0 Å². The Morgan fingerprint density at radius 3 is 2.61 bits per heavy atom. The highest BCUT2D eigenvalue weighted by molar-refractivity contribution is 7.99. The van der Waals surface area contributed by atoms with Gasteiger partial charge < -0.3 is 10.1 Å². The van der Waals surface area contributed by atoms with Crippen LogP contribution >= 0.6 is 23.1 Å². The van der Waals surface area contributed by atoms with E-state index in [4.69, 9.17) is 9.29 Å². The van der Waals surface area contributed by atoms with Gasteiger partial charge in [0, 0.05) is 17.1 Å². The molecule has 0 fully saturated rings. The molecule has 2 amide bonds. The number of amides is 2. The summed E-state index contributed by atoms with van der Waals surface area (Å²) in [5, 5.41) is 8.99. The van der Waals surface area contributed by atoms with Crippen molar-refractivity contribution in [2.75, 3.05) is 23.9 Å². The number of hydrazone groups is 1. The van der Waals surface area contributed by atoms with Crippen LogP contribution in [-0.2, 0) is 15.9 Å². The van der Waals surface area contributed by atoms with E-state index >= 15 is 0 Å². The number of nitrogens with one attached hydrogen (secondary N) is 2. The summed E-state index contributed by atoms with van der Waals surface area (Å²) >= 11 is 2.58. The van der Waals surface area contributed by atoms with Gasteiger partial charge in [0.15, 0.2) is 0 Å². The van der Waals surface area contributed by atoms with E-state index < -0.39 is 16.0 Å². The van der Waals surface area contributed by atoms with Crippen molar-refractivity contribution in [2.24, 2.45) is 5.10 Å². The molecule has 0 aliphatic carbocycles. The fourth-order valence-electron chi connectivity index (χ4n) is 3.06. The number of rotatable bonds is 11. The topological polar surface area (TPSA) is 134 Å². The molecule has 3 aromatic rings. The molecule has 3 rings (SSSR count). The molecular weight excluding hydrogens is 522 g/mol. The Labute approximate surface area is 217 Å². The largest absolute Gasteiger partial charge is 0.497 e. The molecule has 1 heterocycles. The Balaban J connectivity index is 1.62. The van der Waals surface area contributed by atoms with Crippen molar-refractivity contribution in [1.82, 2.24) is 5.43 Å². The molecule has 12 heteroatoms.